The summed E-state index contributed by atoms with van der Waals surface area (Å²) in [6, 6.07) is 4.91. The molecule has 1 saturated heterocycles. The highest BCUT2D eigenvalue weighted by atomic mass is 35.5. The number of hydrogen-bond donors (Lipinski definition) is 1. The van der Waals surface area contributed by atoms with E-state index in [0.29, 0.717) is 47.9 Å². The summed E-state index contributed by atoms with van der Waals surface area (Å²) in [7, 11) is 1.31. The van der Waals surface area contributed by atoms with Crippen molar-refractivity contribution in [1.82, 2.24) is 0 Å². The van der Waals surface area contributed by atoms with Crippen LogP contribution in [0.1, 0.15) is 30.1 Å². The minimum atomic E-state index is -0.851. The highest BCUT2D eigenvalue weighted by molar-refractivity contribution is 8.01. The number of carbonyl (C=O) groups is 2. The Morgan fingerprint density at radius 1 is 1.32 bits per heavy atom. The minimum Gasteiger partial charge on any atom is -0.465 e. The van der Waals surface area contributed by atoms with E-state index < -0.39 is 17.7 Å². The summed E-state index contributed by atoms with van der Waals surface area (Å²) in [6.07, 6.45) is 2.99. The number of methoxy groups -OCH3 is 1. The summed E-state index contributed by atoms with van der Waals surface area (Å²) in [6.45, 7) is 3.03. The minimum absolute atomic E-state index is 0.196. The third-order valence-corrected chi connectivity index (χ3v) is 5.81. The molecule has 3 rings (SSSR count). The second-order valence-corrected chi connectivity index (χ2v) is 7.70. The molecule has 1 unspecified atom stereocenters. The highest BCUT2D eigenvalue weighted by Crippen LogP contribution is 2.39. The molecule has 1 fully saturated rings. The van der Waals surface area contributed by atoms with Crippen molar-refractivity contribution in [3.63, 3.8) is 0 Å². The highest BCUT2D eigenvalue weighted by Gasteiger charge is 2.42. The number of anilines is 1. The zero-order valence-electron chi connectivity index (χ0n) is 15.7. The van der Waals surface area contributed by atoms with Crippen molar-refractivity contribution in [3.8, 4) is 0 Å². The van der Waals surface area contributed by atoms with E-state index in [9.17, 15) is 9.59 Å². The van der Waals surface area contributed by atoms with Crippen molar-refractivity contribution in [2.75, 3.05) is 31.7 Å². The van der Waals surface area contributed by atoms with Crippen LogP contribution in [0.2, 0.25) is 5.02 Å². The molecule has 0 aromatic heterocycles. The van der Waals surface area contributed by atoms with Gasteiger partial charge in [0.2, 0.25) is 0 Å². The lowest BCUT2D eigenvalue weighted by Crippen LogP contribution is -2.36. The molecule has 7 nitrogen and oxygen atoms in total. The summed E-state index contributed by atoms with van der Waals surface area (Å²) in [4.78, 5) is 24.5. The Balaban J connectivity index is 1.79. The normalized spacial score (nSPS) is 20.5. The number of nitrogens with one attached hydrogen (secondary N) is 1. The summed E-state index contributed by atoms with van der Waals surface area (Å²) in [5.74, 6) is -1.75. The molecule has 1 aromatic rings. The Morgan fingerprint density at radius 2 is 2.07 bits per heavy atom. The van der Waals surface area contributed by atoms with E-state index in [-0.39, 0.29) is 11.9 Å². The third kappa shape index (κ3) is 4.63. The fraction of sp³-hybridized carbons (Fsp3) is 0.474. The number of hydrogen-bond acceptors (Lipinski definition) is 8. The first kappa shape index (κ1) is 21.0. The Labute approximate surface area is 172 Å². The second kappa shape index (κ2) is 9.17. The maximum atomic E-state index is 12.5. The molecule has 152 valence electrons. The first-order valence-corrected chi connectivity index (χ1v) is 10.2. The average Bonchev–Trinajstić information content (AvgIpc) is 3.15. The lowest BCUT2D eigenvalue weighted by molar-refractivity contribution is -0.142. The van der Waals surface area contributed by atoms with Crippen LogP contribution in [-0.2, 0) is 23.7 Å². The predicted molar refractivity (Wildman–Crippen MR) is 106 cm³/mol. The first-order chi connectivity index (χ1) is 13.5. The van der Waals surface area contributed by atoms with Gasteiger partial charge in [0.15, 0.2) is 5.79 Å². The zero-order chi connectivity index (χ0) is 20.1. The summed E-state index contributed by atoms with van der Waals surface area (Å²) in [5, 5.41) is 0.233. The Bertz CT molecular complexity index is 778. The van der Waals surface area contributed by atoms with E-state index >= 15 is 0 Å². The molecular weight excluding hydrogens is 406 g/mol. The van der Waals surface area contributed by atoms with Crippen LogP contribution in [0.4, 0.5) is 5.69 Å². The standard InChI is InChI=1S/C19H22ClNO6S/c1-3-25-18(23)14-11-19(26-8-9-27-19)7-6-16(14)28-21-15-5-4-12(20)10-13(15)17(22)24-2/h4-5,10-11,16,21H,3,6-9H2,1-2H3. The van der Waals surface area contributed by atoms with Crippen molar-refractivity contribution in [1.29, 1.82) is 0 Å². The maximum Gasteiger partial charge on any atom is 0.340 e. The molecule has 1 aromatic carbocycles. The number of halogens is 1. The van der Waals surface area contributed by atoms with Gasteiger partial charge in [-0.05, 0) is 49.6 Å². The summed E-state index contributed by atoms with van der Waals surface area (Å²) < 4.78 is 24.6. The van der Waals surface area contributed by atoms with Crippen LogP contribution in [-0.4, -0.2) is 49.9 Å². The molecule has 0 amide bonds. The van der Waals surface area contributed by atoms with Gasteiger partial charge >= 0.3 is 11.9 Å². The van der Waals surface area contributed by atoms with E-state index in [1.165, 1.54) is 25.1 Å². The van der Waals surface area contributed by atoms with Gasteiger partial charge in [-0.15, -0.1) is 0 Å². The molecule has 1 aliphatic heterocycles. The molecule has 1 aliphatic carbocycles. The topological polar surface area (TPSA) is 83.1 Å². The molecule has 1 atom stereocenters. The molecule has 1 spiro atoms. The molecular formula is C19H22ClNO6S. The Morgan fingerprint density at radius 3 is 2.75 bits per heavy atom. The number of rotatable bonds is 6. The Kier molecular flexibility index (Phi) is 6.87. The fourth-order valence-electron chi connectivity index (χ4n) is 3.13. The molecule has 9 heteroatoms. The van der Waals surface area contributed by atoms with Crippen LogP contribution >= 0.6 is 23.5 Å². The number of benzene rings is 1. The van der Waals surface area contributed by atoms with Gasteiger partial charge in [0, 0.05) is 11.4 Å². The molecule has 0 saturated carbocycles. The van der Waals surface area contributed by atoms with Crippen LogP contribution in [0.3, 0.4) is 0 Å². The van der Waals surface area contributed by atoms with Crippen LogP contribution in [0, 0.1) is 0 Å². The molecule has 1 heterocycles. The van der Waals surface area contributed by atoms with Gasteiger partial charge in [-0.2, -0.15) is 0 Å². The smallest absolute Gasteiger partial charge is 0.340 e. The average molecular weight is 428 g/mol. The number of carbonyl (C=O) groups excluding carboxylic acids is 2. The SMILES string of the molecule is CCOC(=O)C1=CC2(CCC1SNc1ccc(Cl)cc1C(=O)OC)OCCO2. The van der Waals surface area contributed by atoms with E-state index in [1.54, 1.807) is 25.1 Å². The van der Waals surface area contributed by atoms with Crippen LogP contribution in [0.5, 0.6) is 0 Å². The molecule has 0 bridgehead atoms. The largest absolute Gasteiger partial charge is 0.465 e. The monoisotopic (exact) mass is 427 g/mol. The summed E-state index contributed by atoms with van der Waals surface area (Å²) >= 11 is 7.32. The Hall–Kier alpha value is -1.74. The quantitative estimate of drug-likeness (QED) is 0.544. The van der Waals surface area contributed by atoms with E-state index in [1.807, 2.05) is 0 Å². The van der Waals surface area contributed by atoms with Gasteiger partial charge in [0.1, 0.15) is 0 Å². The predicted octanol–water partition coefficient (Wildman–Crippen LogP) is 3.58. The lowest BCUT2D eigenvalue weighted by atomic mass is 9.94. The lowest BCUT2D eigenvalue weighted by Gasteiger charge is -2.33. The van der Waals surface area contributed by atoms with Crippen LogP contribution in [0.25, 0.3) is 0 Å². The number of ether oxygens (including phenoxy) is 4. The second-order valence-electron chi connectivity index (χ2n) is 6.26. The van der Waals surface area contributed by atoms with Crippen molar-refractivity contribution in [3.05, 3.63) is 40.4 Å². The fourth-order valence-corrected chi connectivity index (χ4v) is 4.28. The van der Waals surface area contributed by atoms with Gasteiger partial charge in [0.25, 0.3) is 0 Å². The zero-order valence-corrected chi connectivity index (χ0v) is 17.2. The van der Waals surface area contributed by atoms with Crippen molar-refractivity contribution in [2.24, 2.45) is 0 Å². The van der Waals surface area contributed by atoms with Crippen molar-refractivity contribution >= 4 is 41.2 Å². The van der Waals surface area contributed by atoms with Crippen LogP contribution in [0.15, 0.2) is 29.8 Å². The van der Waals surface area contributed by atoms with Crippen LogP contribution < -0.4 is 4.72 Å². The third-order valence-electron chi connectivity index (χ3n) is 4.46. The summed E-state index contributed by atoms with van der Waals surface area (Å²) in [5.41, 5.74) is 1.36. The van der Waals surface area contributed by atoms with Gasteiger partial charge in [0.05, 0.1) is 49.0 Å². The van der Waals surface area contributed by atoms with Gasteiger partial charge in [-0.3, -0.25) is 0 Å². The molecule has 0 radical (unpaired) electrons. The van der Waals surface area contributed by atoms with Gasteiger partial charge < -0.3 is 23.7 Å². The van der Waals surface area contributed by atoms with E-state index in [0.717, 1.165) is 0 Å². The molecule has 2 aliphatic rings. The first-order valence-electron chi connectivity index (χ1n) is 8.95. The molecule has 28 heavy (non-hydrogen) atoms. The van der Waals surface area contributed by atoms with Gasteiger partial charge in [-0.25, -0.2) is 9.59 Å². The van der Waals surface area contributed by atoms with Crippen molar-refractivity contribution in [2.45, 2.75) is 30.8 Å². The van der Waals surface area contributed by atoms with E-state index in [4.69, 9.17) is 30.5 Å². The van der Waals surface area contributed by atoms with Gasteiger partial charge in [-0.1, -0.05) is 11.6 Å². The molecule has 1 N–H and O–H groups in total. The van der Waals surface area contributed by atoms with E-state index in [2.05, 4.69) is 4.72 Å². The van der Waals surface area contributed by atoms with Crippen molar-refractivity contribution < 1.29 is 28.5 Å². The number of esters is 2. The maximum absolute atomic E-state index is 12.5.